The minimum absolute atomic E-state index is 0.00978. The van der Waals surface area contributed by atoms with Gasteiger partial charge < -0.3 is 15.0 Å². The maximum Gasteiger partial charge on any atom is 0.298 e. The first-order valence-electron chi connectivity index (χ1n) is 6.15. The zero-order valence-corrected chi connectivity index (χ0v) is 10.8. The fraction of sp³-hybridized carbons (Fsp3) is 0.692. The van der Waals surface area contributed by atoms with Crippen molar-refractivity contribution in [2.75, 3.05) is 33.4 Å². The van der Waals surface area contributed by atoms with Crippen LogP contribution in [0.4, 0.5) is 0 Å². The zero-order chi connectivity index (χ0) is 13.2. The summed E-state index contributed by atoms with van der Waals surface area (Å²) >= 11 is 0. The van der Waals surface area contributed by atoms with Crippen molar-refractivity contribution in [1.29, 1.82) is 0 Å². The van der Waals surface area contributed by atoms with Gasteiger partial charge in [0.25, 0.3) is 5.91 Å². The normalized spacial score (nSPS) is 30.1. The van der Waals surface area contributed by atoms with E-state index < -0.39 is 5.41 Å². The molecule has 0 unspecified atom stereocenters. The van der Waals surface area contributed by atoms with Crippen molar-refractivity contribution >= 4 is 11.8 Å². The Morgan fingerprint density at radius 1 is 1.50 bits per heavy atom. The molecule has 2 fully saturated rings. The highest BCUT2D eigenvalue weighted by molar-refractivity contribution is 5.95. The molecule has 2 saturated heterocycles. The Bertz CT molecular complexity index is 424. The van der Waals surface area contributed by atoms with Gasteiger partial charge in [-0.1, -0.05) is 5.92 Å². The summed E-state index contributed by atoms with van der Waals surface area (Å²) in [5, 5.41) is 2.72. The van der Waals surface area contributed by atoms with Crippen molar-refractivity contribution in [2.24, 2.45) is 11.3 Å². The minimum atomic E-state index is -0.488. The molecule has 2 heterocycles. The van der Waals surface area contributed by atoms with Crippen molar-refractivity contribution in [3.05, 3.63) is 0 Å². The molecule has 2 aliphatic rings. The van der Waals surface area contributed by atoms with Crippen LogP contribution in [0, 0.1) is 23.2 Å². The predicted octanol–water partition coefficient (Wildman–Crippen LogP) is -0.379. The molecule has 0 saturated carbocycles. The van der Waals surface area contributed by atoms with Gasteiger partial charge in [0.15, 0.2) is 0 Å². The summed E-state index contributed by atoms with van der Waals surface area (Å²) < 4.78 is 5.44. The summed E-state index contributed by atoms with van der Waals surface area (Å²) in [6.45, 7) is 3.76. The third-order valence-electron chi connectivity index (χ3n) is 3.91. The van der Waals surface area contributed by atoms with Crippen molar-refractivity contribution in [3.8, 4) is 11.8 Å². The molecule has 5 heteroatoms. The molecule has 2 aliphatic heterocycles. The van der Waals surface area contributed by atoms with Gasteiger partial charge in [-0.05, 0) is 19.3 Å². The smallest absolute Gasteiger partial charge is 0.298 e. The molecule has 0 spiro atoms. The van der Waals surface area contributed by atoms with E-state index >= 15 is 0 Å². The van der Waals surface area contributed by atoms with Gasteiger partial charge in [-0.25, -0.2) is 0 Å². The fourth-order valence-corrected chi connectivity index (χ4v) is 2.91. The number of carbonyl (C=O) groups is 2. The number of likely N-dealkylation sites (tertiary alicyclic amines) is 1. The number of hydrogen-bond donors (Lipinski definition) is 1. The second-order valence-electron chi connectivity index (χ2n) is 4.82. The van der Waals surface area contributed by atoms with E-state index in [1.807, 2.05) is 0 Å². The number of nitrogens with zero attached hydrogens (tertiary/aromatic N) is 1. The third-order valence-corrected chi connectivity index (χ3v) is 3.91. The molecular weight excluding hydrogens is 232 g/mol. The lowest BCUT2D eigenvalue weighted by molar-refractivity contribution is -0.138. The van der Waals surface area contributed by atoms with Crippen LogP contribution >= 0.6 is 0 Å². The van der Waals surface area contributed by atoms with Gasteiger partial charge in [-0.2, -0.15) is 0 Å². The predicted molar refractivity (Wildman–Crippen MR) is 65.5 cm³/mol. The van der Waals surface area contributed by atoms with Crippen molar-refractivity contribution < 1.29 is 14.3 Å². The van der Waals surface area contributed by atoms with E-state index in [1.165, 1.54) is 0 Å². The molecule has 5 nitrogen and oxygen atoms in total. The van der Waals surface area contributed by atoms with E-state index in [1.54, 1.807) is 18.9 Å². The maximum atomic E-state index is 12.2. The Kier molecular flexibility index (Phi) is 3.58. The molecule has 98 valence electrons. The molecular formula is C13H18N2O3. The van der Waals surface area contributed by atoms with Gasteiger partial charge in [-0.3, -0.25) is 9.59 Å². The highest BCUT2D eigenvalue weighted by atomic mass is 16.5. The van der Waals surface area contributed by atoms with E-state index in [-0.39, 0.29) is 17.7 Å². The van der Waals surface area contributed by atoms with Crippen LogP contribution < -0.4 is 5.32 Å². The van der Waals surface area contributed by atoms with Gasteiger partial charge >= 0.3 is 0 Å². The molecule has 0 aliphatic carbocycles. The Hall–Kier alpha value is -1.54. The Labute approximate surface area is 107 Å². The standard InChI is InChI=1S/C13H18N2O3/c1-3-4-11(16)15-7-10-8-18-6-5-13(10,9-15)12(17)14-2/h10H,5-9H2,1-2H3,(H,14,17)/t10-,13+/m1/s1. The number of ether oxygens (including phenoxy) is 1. The van der Waals surface area contributed by atoms with E-state index in [2.05, 4.69) is 17.2 Å². The number of carbonyl (C=O) groups excluding carboxylic acids is 2. The Balaban J connectivity index is 2.22. The van der Waals surface area contributed by atoms with Crippen LogP contribution in [0.1, 0.15) is 13.3 Å². The molecule has 0 radical (unpaired) electrons. The summed E-state index contributed by atoms with van der Waals surface area (Å²) in [7, 11) is 1.64. The van der Waals surface area contributed by atoms with Crippen LogP contribution in [0.2, 0.25) is 0 Å². The van der Waals surface area contributed by atoms with Crippen LogP contribution in [-0.2, 0) is 14.3 Å². The lowest BCUT2D eigenvalue weighted by Gasteiger charge is -2.36. The second kappa shape index (κ2) is 4.99. The first kappa shape index (κ1) is 12.9. The average Bonchev–Trinajstić information content (AvgIpc) is 2.78. The number of nitrogens with one attached hydrogen (secondary N) is 1. The molecule has 0 bridgehead atoms. The van der Waals surface area contributed by atoms with E-state index in [4.69, 9.17) is 4.74 Å². The SMILES string of the molecule is CC#CC(=O)N1C[C@@H]2COCC[C@]2(C(=O)NC)C1. The van der Waals surface area contributed by atoms with E-state index in [0.29, 0.717) is 32.7 Å². The summed E-state index contributed by atoms with van der Waals surface area (Å²) in [5.41, 5.74) is -0.488. The van der Waals surface area contributed by atoms with Gasteiger partial charge in [-0.15, -0.1) is 0 Å². The number of hydrogen-bond acceptors (Lipinski definition) is 3. The van der Waals surface area contributed by atoms with Crippen molar-refractivity contribution in [3.63, 3.8) is 0 Å². The molecule has 0 aromatic heterocycles. The monoisotopic (exact) mass is 250 g/mol. The molecule has 2 amide bonds. The largest absolute Gasteiger partial charge is 0.381 e. The van der Waals surface area contributed by atoms with E-state index in [9.17, 15) is 9.59 Å². The van der Waals surface area contributed by atoms with Gasteiger partial charge in [0.2, 0.25) is 5.91 Å². The molecule has 1 N–H and O–H groups in total. The van der Waals surface area contributed by atoms with Crippen LogP contribution in [0.5, 0.6) is 0 Å². The third kappa shape index (κ3) is 1.97. The summed E-state index contributed by atoms with van der Waals surface area (Å²) in [4.78, 5) is 25.6. The molecule has 18 heavy (non-hydrogen) atoms. The highest BCUT2D eigenvalue weighted by Crippen LogP contribution is 2.42. The Morgan fingerprint density at radius 2 is 2.28 bits per heavy atom. The minimum Gasteiger partial charge on any atom is -0.381 e. The molecule has 0 aromatic rings. The number of rotatable bonds is 1. The molecule has 2 atom stereocenters. The topological polar surface area (TPSA) is 58.6 Å². The van der Waals surface area contributed by atoms with Crippen LogP contribution in [0.15, 0.2) is 0 Å². The lowest BCUT2D eigenvalue weighted by Crippen LogP contribution is -2.49. The van der Waals surface area contributed by atoms with Gasteiger partial charge in [0.1, 0.15) is 0 Å². The van der Waals surface area contributed by atoms with Crippen LogP contribution in [0.25, 0.3) is 0 Å². The zero-order valence-electron chi connectivity index (χ0n) is 10.8. The maximum absolute atomic E-state index is 12.2. The molecule has 2 rings (SSSR count). The summed E-state index contributed by atoms with van der Waals surface area (Å²) in [6, 6.07) is 0. The first-order chi connectivity index (χ1) is 8.64. The first-order valence-corrected chi connectivity index (χ1v) is 6.15. The summed E-state index contributed by atoms with van der Waals surface area (Å²) in [5.74, 6) is 5.03. The number of amides is 2. The van der Waals surface area contributed by atoms with Gasteiger partial charge in [0.05, 0.1) is 12.0 Å². The lowest BCUT2D eigenvalue weighted by atomic mass is 9.73. The second-order valence-corrected chi connectivity index (χ2v) is 4.82. The fourth-order valence-electron chi connectivity index (χ4n) is 2.91. The highest BCUT2D eigenvalue weighted by Gasteiger charge is 2.54. The number of fused-ring (bicyclic) bond motifs is 1. The van der Waals surface area contributed by atoms with Crippen molar-refractivity contribution in [1.82, 2.24) is 10.2 Å². The van der Waals surface area contributed by atoms with E-state index in [0.717, 1.165) is 0 Å². The summed E-state index contributed by atoms with van der Waals surface area (Å²) in [6.07, 6.45) is 0.667. The quantitative estimate of drug-likeness (QED) is 0.645. The van der Waals surface area contributed by atoms with Crippen LogP contribution in [0.3, 0.4) is 0 Å². The van der Waals surface area contributed by atoms with Crippen molar-refractivity contribution in [2.45, 2.75) is 13.3 Å². The molecule has 0 aromatic carbocycles. The van der Waals surface area contributed by atoms with Gasteiger partial charge in [0, 0.05) is 32.7 Å². The Morgan fingerprint density at radius 3 is 2.94 bits per heavy atom. The van der Waals surface area contributed by atoms with Crippen LogP contribution in [-0.4, -0.2) is 50.1 Å². The average molecular weight is 250 g/mol.